The van der Waals surface area contributed by atoms with Gasteiger partial charge in [-0.3, -0.25) is 4.99 Å². The van der Waals surface area contributed by atoms with Crippen molar-refractivity contribution in [1.29, 1.82) is 0 Å². The predicted octanol–water partition coefficient (Wildman–Crippen LogP) is 3.67. The second kappa shape index (κ2) is 6.66. The summed E-state index contributed by atoms with van der Waals surface area (Å²) < 4.78 is 5.79. The van der Waals surface area contributed by atoms with Gasteiger partial charge < -0.3 is 15.1 Å². The largest absolute Gasteiger partial charge is 0.459 e. The minimum absolute atomic E-state index is 0.609. The minimum Gasteiger partial charge on any atom is -0.459 e. The van der Waals surface area contributed by atoms with Crippen molar-refractivity contribution in [1.82, 2.24) is 10.6 Å². The maximum Gasteiger partial charge on any atom is 0.191 e. The van der Waals surface area contributed by atoms with Gasteiger partial charge in [0, 0.05) is 22.2 Å². The molecule has 114 valence electrons. The van der Waals surface area contributed by atoms with Crippen molar-refractivity contribution in [3.63, 3.8) is 0 Å². The first kappa shape index (κ1) is 14.7. The van der Waals surface area contributed by atoms with Crippen LogP contribution < -0.4 is 10.6 Å². The fraction of sp³-hybridized carbons (Fsp3) is 0.235. The molecule has 0 amide bonds. The lowest BCUT2D eigenvalue weighted by molar-refractivity contribution is 0.538. The Morgan fingerprint density at radius 1 is 1.14 bits per heavy atom. The van der Waals surface area contributed by atoms with Gasteiger partial charge in [-0.25, -0.2) is 0 Å². The molecule has 0 aliphatic rings. The topological polar surface area (TPSA) is 49.6 Å². The predicted molar refractivity (Wildman–Crippen MR) is 92.3 cm³/mol. The molecular formula is C17H19N3OS. The third-order valence-corrected chi connectivity index (χ3v) is 4.36. The smallest absolute Gasteiger partial charge is 0.191 e. The number of guanidine groups is 1. The van der Waals surface area contributed by atoms with Crippen LogP contribution in [0.4, 0.5) is 0 Å². The molecule has 0 bridgehead atoms. The number of fused-ring (bicyclic) bond motifs is 1. The van der Waals surface area contributed by atoms with E-state index in [-0.39, 0.29) is 0 Å². The van der Waals surface area contributed by atoms with Gasteiger partial charge in [-0.15, -0.1) is 11.3 Å². The molecular weight excluding hydrogens is 294 g/mol. The van der Waals surface area contributed by atoms with Gasteiger partial charge in [-0.05, 0) is 31.2 Å². The van der Waals surface area contributed by atoms with Crippen LogP contribution in [0.2, 0.25) is 0 Å². The highest BCUT2D eigenvalue weighted by atomic mass is 32.1. The van der Waals surface area contributed by atoms with Gasteiger partial charge >= 0.3 is 0 Å². The van der Waals surface area contributed by atoms with E-state index >= 15 is 0 Å². The Morgan fingerprint density at radius 3 is 2.68 bits per heavy atom. The maximum absolute atomic E-state index is 5.79. The standard InChI is InChI=1S/C17H19N3OS/c1-12-7-8-15(22-12)11-20-17(18-2)19-10-14-9-13-5-3-4-6-16(13)21-14/h3-9H,10-11H2,1-2H3,(H2,18,19,20). The Kier molecular flexibility index (Phi) is 4.44. The first-order chi connectivity index (χ1) is 10.7. The summed E-state index contributed by atoms with van der Waals surface area (Å²) in [7, 11) is 1.77. The van der Waals surface area contributed by atoms with Crippen molar-refractivity contribution < 1.29 is 4.42 Å². The monoisotopic (exact) mass is 313 g/mol. The van der Waals surface area contributed by atoms with Crippen LogP contribution in [-0.4, -0.2) is 13.0 Å². The molecule has 0 unspecified atom stereocenters. The molecule has 2 N–H and O–H groups in total. The second-order valence-electron chi connectivity index (χ2n) is 5.04. The van der Waals surface area contributed by atoms with Crippen LogP contribution in [0.3, 0.4) is 0 Å². The molecule has 3 rings (SSSR count). The van der Waals surface area contributed by atoms with E-state index in [1.165, 1.54) is 9.75 Å². The Hall–Kier alpha value is -2.27. The Labute approximate surface area is 133 Å². The molecule has 2 heterocycles. The van der Waals surface area contributed by atoms with Crippen molar-refractivity contribution in [2.75, 3.05) is 7.05 Å². The molecule has 0 radical (unpaired) electrons. The number of aryl methyl sites for hydroxylation is 1. The van der Waals surface area contributed by atoms with Gasteiger partial charge in [0.2, 0.25) is 0 Å². The number of nitrogens with zero attached hydrogens (tertiary/aromatic N) is 1. The van der Waals surface area contributed by atoms with E-state index in [9.17, 15) is 0 Å². The Morgan fingerprint density at radius 2 is 1.95 bits per heavy atom. The number of rotatable bonds is 4. The van der Waals surface area contributed by atoms with Gasteiger partial charge in [0.25, 0.3) is 0 Å². The molecule has 0 spiro atoms. The molecule has 1 aromatic carbocycles. The normalized spacial score (nSPS) is 11.8. The number of para-hydroxylation sites is 1. The van der Waals surface area contributed by atoms with Crippen molar-refractivity contribution in [3.8, 4) is 0 Å². The highest BCUT2D eigenvalue weighted by Crippen LogP contribution is 2.18. The second-order valence-corrected chi connectivity index (χ2v) is 6.41. The lowest BCUT2D eigenvalue weighted by Gasteiger charge is -2.09. The zero-order chi connectivity index (χ0) is 15.4. The van der Waals surface area contributed by atoms with Gasteiger partial charge in [0.15, 0.2) is 5.96 Å². The summed E-state index contributed by atoms with van der Waals surface area (Å²) in [6.07, 6.45) is 0. The van der Waals surface area contributed by atoms with Crippen molar-refractivity contribution in [3.05, 3.63) is 58.0 Å². The number of hydrogen-bond donors (Lipinski definition) is 2. The van der Waals surface area contributed by atoms with Crippen LogP contribution in [-0.2, 0) is 13.1 Å². The lowest BCUT2D eigenvalue weighted by atomic mass is 10.2. The number of hydrogen-bond acceptors (Lipinski definition) is 3. The van der Waals surface area contributed by atoms with Crippen molar-refractivity contribution in [2.45, 2.75) is 20.0 Å². The lowest BCUT2D eigenvalue weighted by Crippen LogP contribution is -2.36. The number of aliphatic imine (C=N–C) groups is 1. The third kappa shape index (κ3) is 3.49. The summed E-state index contributed by atoms with van der Waals surface area (Å²) in [6.45, 7) is 3.50. The zero-order valence-electron chi connectivity index (χ0n) is 12.7. The van der Waals surface area contributed by atoms with Gasteiger partial charge in [0.1, 0.15) is 11.3 Å². The van der Waals surface area contributed by atoms with Crippen LogP contribution in [0.1, 0.15) is 15.5 Å². The maximum atomic E-state index is 5.79. The average molecular weight is 313 g/mol. The molecule has 0 saturated heterocycles. The molecule has 22 heavy (non-hydrogen) atoms. The Balaban J connectivity index is 1.56. The van der Waals surface area contributed by atoms with Gasteiger partial charge in [-0.2, -0.15) is 0 Å². The molecule has 0 saturated carbocycles. The SMILES string of the molecule is CN=C(NCc1cc2ccccc2o1)NCc1ccc(C)s1. The first-order valence-corrected chi connectivity index (χ1v) is 8.03. The number of benzene rings is 1. The summed E-state index contributed by atoms with van der Waals surface area (Å²) in [5.74, 6) is 1.67. The molecule has 0 atom stereocenters. The summed E-state index contributed by atoms with van der Waals surface area (Å²) in [5, 5.41) is 7.71. The van der Waals surface area contributed by atoms with Crippen LogP contribution in [0.5, 0.6) is 0 Å². The van der Waals surface area contributed by atoms with Crippen LogP contribution in [0.25, 0.3) is 11.0 Å². The molecule has 2 aromatic heterocycles. The molecule has 4 nitrogen and oxygen atoms in total. The highest BCUT2D eigenvalue weighted by molar-refractivity contribution is 7.11. The minimum atomic E-state index is 0.609. The van der Waals surface area contributed by atoms with E-state index in [1.54, 1.807) is 18.4 Å². The van der Waals surface area contributed by atoms with E-state index in [0.717, 1.165) is 29.2 Å². The van der Waals surface area contributed by atoms with Crippen LogP contribution >= 0.6 is 11.3 Å². The Bertz CT molecular complexity index is 755. The number of nitrogens with one attached hydrogen (secondary N) is 2. The fourth-order valence-electron chi connectivity index (χ4n) is 2.27. The average Bonchev–Trinajstić information content (AvgIpc) is 3.13. The van der Waals surface area contributed by atoms with Crippen LogP contribution in [0, 0.1) is 6.92 Å². The molecule has 3 aromatic rings. The van der Waals surface area contributed by atoms with Crippen molar-refractivity contribution in [2.24, 2.45) is 4.99 Å². The fourth-order valence-corrected chi connectivity index (χ4v) is 3.10. The summed E-state index contributed by atoms with van der Waals surface area (Å²) in [6, 6.07) is 14.3. The van der Waals surface area contributed by atoms with E-state index in [4.69, 9.17) is 4.42 Å². The van der Waals surface area contributed by atoms with E-state index in [0.29, 0.717) is 6.54 Å². The summed E-state index contributed by atoms with van der Waals surface area (Å²) in [4.78, 5) is 6.85. The van der Waals surface area contributed by atoms with E-state index < -0.39 is 0 Å². The van der Waals surface area contributed by atoms with E-state index in [1.807, 2.05) is 18.2 Å². The molecule has 5 heteroatoms. The molecule has 0 fully saturated rings. The van der Waals surface area contributed by atoms with Gasteiger partial charge in [0.05, 0.1) is 13.1 Å². The zero-order valence-corrected chi connectivity index (χ0v) is 13.5. The van der Waals surface area contributed by atoms with Crippen LogP contribution in [0.15, 0.2) is 51.9 Å². The number of furan rings is 1. The summed E-state index contributed by atoms with van der Waals surface area (Å²) in [5.41, 5.74) is 0.913. The quantitative estimate of drug-likeness (QED) is 0.571. The number of thiophene rings is 1. The van der Waals surface area contributed by atoms with Crippen molar-refractivity contribution >= 4 is 28.3 Å². The summed E-state index contributed by atoms with van der Waals surface area (Å²) >= 11 is 1.79. The third-order valence-electron chi connectivity index (χ3n) is 3.36. The molecule has 0 aliphatic carbocycles. The highest BCUT2D eigenvalue weighted by Gasteiger charge is 2.05. The van der Waals surface area contributed by atoms with E-state index in [2.05, 4.69) is 46.8 Å². The molecule has 0 aliphatic heterocycles. The first-order valence-electron chi connectivity index (χ1n) is 7.22. The van der Waals surface area contributed by atoms with Gasteiger partial charge in [-0.1, -0.05) is 18.2 Å².